The Bertz CT molecular complexity index is 297. The number of rotatable bonds is 6. The lowest BCUT2D eigenvalue weighted by Crippen LogP contribution is -1.85. The molecule has 0 spiro atoms. The summed E-state index contributed by atoms with van der Waals surface area (Å²) in [6.07, 6.45) is 10.9. The maximum absolute atomic E-state index is 2.32. The average molecular weight is 202 g/mol. The first-order valence-electron chi connectivity index (χ1n) is 6.04. The van der Waals surface area contributed by atoms with Gasteiger partial charge in [0.15, 0.2) is 0 Å². The van der Waals surface area contributed by atoms with Crippen LogP contribution in [0.4, 0.5) is 0 Å². The van der Waals surface area contributed by atoms with Crippen LogP contribution in [0.1, 0.15) is 43.7 Å². The Morgan fingerprint density at radius 1 is 1.07 bits per heavy atom. The highest BCUT2D eigenvalue weighted by Gasteiger charge is 1.92. The maximum atomic E-state index is 2.32. The Kier molecular flexibility index (Phi) is 5.84. The molecule has 15 heavy (non-hydrogen) atoms. The Balaban J connectivity index is 2.28. The smallest absolute Gasteiger partial charge is 0.00948 e. The van der Waals surface area contributed by atoms with Crippen molar-refractivity contribution in [3.05, 3.63) is 47.5 Å². The summed E-state index contributed by atoms with van der Waals surface area (Å²) in [6, 6.07) is 8.61. The molecule has 1 aromatic carbocycles. The topological polar surface area (TPSA) is 0 Å². The molecule has 0 atom stereocenters. The minimum atomic E-state index is 1.08. The summed E-state index contributed by atoms with van der Waals surface area (Å²) in [5.41, 5.74) is 2.85. The fourth-order valence-electron chi connectivity index (χ4n) is 1.68. The zero-order valence-corrected chi connectivity index (χ0v) is 10.00. The van der Waals surface area contributed by atoms with Crippen molar-refractivity contribution in [2.24, 2.45) is 0 Å². The van der Waals surface area contributed by atoms with Gasteiger partial charge in [-0.05, 0) is 37.3 Å². The molecule has 0 fully saturated rings. The van der Waals surface area contributed by atoms with Crippen molar-refractivity contribution in [2.45, 2.75) is 46.0 Å². The van der Waals surface area contributed by atoms with E-state index < -0.39 is 0 Å². The average Bonchev–Trinajstić information content (AvgIpc) is 2.25. The molecule has 0 aromatic heterocycles. The Morgan fingerprint density at radius 3 is 2.60 bits per heavy atom. The van der Waals surface area contributed by atoms with Crippen LogP contribution in [0.25, 0.3) is 0 Å². The van der Waals surface area contributed by atoms with Crippen LogP contribution in [-0.2, 0) is 6.42 Å². The van der Waals surface area contributed by atoms with Gasteiger partial charge in [0.25, 0.3) is 0 Å². The van der Waals surface area contributed by atoms with Crippen molar-refractivity contribution < 1.29 is 0 Å². The molecule has 0 aliphatic heterocycles. The van der Waals surface area contributed by atoms with E-state index in [1.165, 1.54) is 36.8 Å². The summed E-state index contributed by atoms with van der Waals surface area (Å²) in [4.78, 5) is 0. The number of unbranched alkanes of at least 4 members (excludes halogenated alkanes) is 3. The zero-order chi connectivity index (χ0) is 10.9. The lowest BCUT2D eigenvalue weighted by atomic mass is 10.1. The van der Waals surface area contributed by atoms with Crippen molar-refractivity contribution >= 4 is 0 Å². The molecule has 0 bridgehead atoms. The van der Waals surface area contributed by atoms with Crippen molar-refractivity contribution in [1.82, 2.24) is 0 Å². The molecule has 0 N–H and O–H groups in total. The summed E-state index contributed by atoms with van der Waals surface area (Å²) in [7, 11) is 0. The van der Waals surface area contributed by atoms with Crippen LogP contribution in [-0.4, -0.2) is 0 Å². The van der Waals surface area contributed by atoms with Crippen molar-refractivity contribution in [1.29, 1.82) is 0 Å². The van der Waals surface area contributed by atoms with Gasteiger partial charge in [0.05, 0.1) is 0 Å². The summed E-state index contributed by atoms with van der Waals surface area (Å²) in [5.74, 6) is 0. The molecule has 0 aliphatic rings. The molecule has 0 nitrogen and oxygen atoms in total. The Morgan fingerprint density at radius 2 is 1.87 bits per heavy atom. The molecule has 0 aliphatic carbocycles. The standard InChI is InChI=1S/C15H22/c1-3-4-5-6-7-8-12-15-13-10-9-11-14(15)2/h7-11,13H,3-6,12H2,1-2H3/b8-7+. The van der Waals surface area contributed by atoms with Gasteiger partial charge in [-0.15, -0.1) is 0 Å². The zero-order valence-electron chi connectivity index (χ0n) is 10.00. The molecule has 0 radical (unpaired) electrons. The van der Waals surface area contributed by atoms with Crippen LogP contribution < -0.4 is 0 Å². The quantitative estimate of drug-likeness (QED) is 0.464. The highest BCUT2D eigenvalue weighted by molar-refractivity contribution is 5.27. The van der Waals surface area contributed by atoms with Crippen LogP contribution in [0.15, 0.2) is 36.4 Å². The van der Waals surface area contributed by atoms with E-state index in [4.69, 9.17) is 0 Å². The molecular weight excluding hydrogens is 180 g/mol. The normalized spacial score (nSPS) is 11.1. The fraction of sp³-hybridized carbons (Fsp3) is 0.467. The van der Waals surface area contributed by atoms with E-state index in [9.17, 15) is 0 Å². The lowest BCUT2D eigenvalue weighted by molar-refractivity contribution is 0.728. The van der Waals surface area contributed by atoms with E-state index in [2.05, 4.69) is 50.3 Å². The van der Waals surface area contributed by atoms with E-state index in [0.717, 1.165) is 6.42 Å². The van der Waals surface area contributed by atoms with Crippen molar-refractivity contribution in [3.8, 4) is 0 Å². The van der Waals surface area contributed by atoms with Crippen molar-refractivity contribution in [3.63, 3.8) is 0 Å². The molecule has 0 unspecified atom stereocenters. The predicted molar refractivity (Wildman–Crippen MR) is 68.2 cm³/mol. The third kappa shape index (κ3) is 4.83. The molecule has 0 heteroatoms. The van der Waals surface area contributed by atoms with E-state index >= 15 is 0 Å². The summed E-state index contributed by atoms with van der Waals surface area (Å²) in [5, 5.41) is 0. The second-order valence-corrected chi connectivity index (χ2v) is 4.10. The van der Waals surface area contributed by atoms with E-state index in [1.807, 2.05) is 0 Å². The first-order chi connectivity index (χ1) is 7.34. The number of benzene rings is 1. The number of hydrogen-bond donors (Lipinski definition) is 0. The van der Waals surface area contributed by atoms with Gasteiger partial charge in [-0.3, -0.25) is 0 Å². The SMILES string of the molecule is CCCCC/C=C/Cc1ccccc1C. The van der Waals surface area contributed by atoms with Gasteiger partial charge in [0, 0.05) is 0 Å². The summed E-state index contributed by atoms with van der Waals surface area (Å²) < 4.78 is 0. The van der Waals surface area contributed by atoms with Crippen molar-refractivity contribution in [2.75, 3.05) is 0 Å². The Labute approximate surface area is 94.0 Å². The molecule has 1 rings (SSSR count). The molecule has 82 valence electrons. The molecule has 0 saturated carbocycles. The summed E-state index contributed by atoms with van der Waals surface area (Å²) >= 11 is 0. The third-order valence-corrected chi connectivity index (χ3v) is 2.74. The number of hydrogen-bond acceptors (Lipinski definition) is 0. The van der Waals surface area contributed by atoms with Gasteiger partial charge in [-0.25, -0.2) is 0 Å². The number of aryl methyl sites for hydroxylation is 1. The van der Waals surface area contributed by atoms with Gasteiger partial charge in [-0.1, -0.05) is 56.2 Å². The van der Waals surface area contributed by atoms with Crippen LogP contribution >= 0.6 is 0 Å². The van der Waals surface area contributed by atoms with Gasteiger partial charge in [-0.2, -0.15) is 0 Å². The van der Waals surface area contributed by atoms with Crippen LogP contribution in [0.2, 0.25) is 0 Å². The monoisotopic (exact) mass is 202 g/mol. The molecular formula is C15H22. The Hall–Kier alpha value is -1.04. The minimum Gasteiger partial charge on any atom is -0.0882 e. The predicted octanol–water partition coefficient (Wildman–Crippen LogP) is 4.67. The van der Waals surface area contributed by atoms with Gasteiger partial charge in [0.2, 0.25) is 0 Å². The molecule has 1 aromatic rings. The second-order valence-electron chi connectivity index (χ2n) is 4.10. The highest BCUT2D eigenvalue weighted by Crippen LogP contribution is 2.08. The summed E-state index contributed by atoms with van der Waals surface area (Å²) in [6.45, 7) is 4.43. The molecule has 0 saturated heterocycles. The fourth-order valence-corrected chi connectivity index (χ4v) is 1.68. The van der Waals surface area contributed by atoms with Gasteiger partial charge in [0.1, 0.15) is 0 Å². The van der Waals surface area contributed by atoms with Crippen LogP contribution in [0.5, 0.6) is 0 Å². The minimum absolute atomic E-state index is 1.08. The second kappa shape index (κ2) is 7.28. The lowest BCUT2D eigenvalue weighted by Gasteiger charge is -2.00. The largest absolute Gasteiger partial charge is 0.0882 e. The van der Waals surface area contributed by atoms with Gasteiger partial charge >= 0.3 is 0 Å². The van der Waals surface area contributed by atoms with Crippen LogP contribution in [0.3, 0.4) is 0 Å². The van der Waals surface area contributed by atoms with E-state index in [0.29, 0.717) is 0 Å². The number of allylic oxidation sites excluding steroid dienone is 2. The van der Waals surface area contributed by atoms with Crippen LogP contribution in [0, 0.1) is 6.92 Å². The molecule has 0 amide bonds. The van der Waals surface area contributed by atoms with E-state index in [1.54, 1.807) is 0 Å². The third-order valence-electron chi connectivity index (χ3n) is 2.74. The molecule has 0 heterocycles. The van der Waals surface area contributed by atoms with Gasteiger partial charge < -0.3 is 0 Å². The highest BCUT2D eigenvalue weighted by atomic mass is 14.0. The first-order valence-corrected chi connectivity index (χ1v) is 6.04. The first kappa shape index (κ1) is 12.0. The van der Waals surface area contributed by atoms with E-state index in [-0.39, 0.29) is 0 Å². The maximum Gasteiger partial charge on any atom is -0.00948 e.